The molecule has 2 aromatic carbocycles. The normalized spacial score (nSPS) is 11.4. The van der Waals surface area contributed by atoms with Gasteiger partial charge in [-0.3, -0.25) is 9.52 Å². The largest absolute Gasteiger partial charge is 0.326 e. The second-order valence-corrected chi connectivity index (χ2v) is 7.76. The number of benzene rings is 2. The SMILES string of the molecule is Cc1ccc(S(=O)(=O)Nc2cccc(NC(=O)C(C)C)c2)cc1C. The van der Waals surface area contributed by atoms with E-state index in [4.69, 9.17) is 0 Å². The maximum Gasteiger partial charge on any atom is 0.261 e. The van der Waals surface area contributed by atoms with Crippen LogP contribution < -0.4 is 10.0 Å². The highest BCUT2D eigenvalue weighted by Gasteiger charge is 2.15. The molecule has 0 saturated carbocycles. The van der Waals surface area contributed by atoms with Gasteiger partial charge in [0.15, 0.2) is 0 Å². The molecule has 0 aromatic heterocycles. The monoisotopic (exact) mass is 346 g/mol. The van der Waals surface area contributed by atoms with E-state index < -0.39 is 10.0 Å². The summed E-state index contributed by atoms with van der Waals surface area (Å²) in [6.07, 6.45) is 0. The van der Waals surface area contributed by atoms with Crippen LogP contribution in [0, 0.1) is 19.8 Å². The Labute approximate surface area is 143 Å². The molecule has 0 atom stereocenters. The van der Waals surface area contributed by atoms with E-state index in [1.54, 1.807) is 56.3 Å². The quantitative estimate of drug-likeness (QED) is 0.867. The first-order chi connectivity index (χ1) is 11.2. The van der Waals surface area contributed by atoms with E-state index in [9.17, 15) is 13.2 Å². The number of anilines is 2. The fraction of sp³-hybridized carbons (Fsp3) is 0.278. The summed E-state index contributed by atoms with van der Waals surface area (Å²) >= 11 is 0. The maximum atomic E-state index is 12.5. The van der Waals surface area contributed by atoms with E-state index in [0.717, 1.165) is 11.1 Å². The molecule has 0 heterocycles. The van der Waals surface area contributed by atoms with Gasteiger partial charge in [0, 0.05) is 11.6 Å². The first kappa shape index (κ1) is 18.0. The molecule has 0 bridgehead atoms. The molecule has 2 aromatic rings. The van der Waals surface area contributed by atoms with E-state index >= 15 is 0 Å². The van der Waals surface area contributed by atoms with Crippen LogP contribution in [0.15, 0.2) is 47.4 Å². The van der Waals surface area contributed by atoms with Crippen molar-refractivity contribution in [2.45, 2.75) is 32.6 Å². The van der Waals surface area contributed by atoms with Crippen molar-refractivity contribution in [2.75, 3.05) is 10.0 Å². The van der Waals surface area contributed by atoms with Crippen LogP contribution in [0.4, 0.5) is 11.4 Å². The number of aryl methyl sites for hydroxylation is 2. The average molecular weight is 346 g/mol. The van der Waals surface area contributed by atoms with E-state index in [2.05, 4.69) is 10.0 Å². The van der Waals surface area contributed by atoms with Gasteiger partial charge in [-0.2, -0.15) is 0 Å². The van der Waals surface area contributed by atoms with Gasteiger partial charge in [-0.05, 0) is 55.3 Å². The van der Waals surface area contributed by atoms with Crippen LogP contribution in [-0.2, 0) is 14.8 Å². The summed E-state index contributed by atoms with van der Waals surface area (Å²) in [5.41, 5.74) is 2.90. The van der Waals surface area contributed by atoms with Crippen molar-refractivity contribution < 1.29 is 13.2 Å². The minimum atomic E-state index is -3.68. The first-order valence-electron chi connectivity index (χ1n) is 7.70. The molecule has 0 fully saturated rings. The lowest BCUT2D eigenvalue weighted by Gasteiger charge is -2.12. The standard InChI is InChI=1S/C18H22N2O3S/c1-12(2)18(21)19-15-6-5-7-16(11-15)20-24(22,23)17-9-8-13(3)14(4)10-17/h5-12,20H,1-4H3,(H,19,21). The van der Waals surface area contributed by atoms with Crippen LogP contribution in [0.2, 0.25) is 0 Å². The molecule has 0 radical (unpaired) electrons. The molecule has 0 saturated heterocycles. The highest BCUT2D eigenvalue weighted by Crippen LogP contribution is 2.21. The van der Waals surface area contributed by atoms with Crippen molar-refractivity contribution in [1.82, 2.24) is 0 Å². The zero-order valence-corrected chi connectivity index (χ0v) is 15.1. The van der Waals surface area contributed by atoms with E-state index in [-0.39, 0.29) is 16.7 Å². The van der Waals surface area contributed by atoms with E-state index in [0.29, 0.717) is 11.4 Å². The molecule has 0 spiro atoms. The number of carbonyl (C=O) groups excluding carboxylic acids is 1. The summed E-state index contributed by atoms with van der Waals surface area (Å²) in [6, 6.07) is 11.6. The molecule has 2 rings (SSSR count). The van der Waals surface area contributed by atoms with Gasteiger partial charge in [0.1, 0.15) is 0 Å². The number of nitrogens with one attached hydrogen (secondary N) is 2. The van der Waals surface area contributed by atoms with Crippen LogP contribution >= 0.6 is 0 Å². The third-order valence-corrected chi connectivity index (χ3v) is 5.07. The molecule has 2 N–H and O–H groups in total. The number of amides is 1. The average Bonchev–Trinajstić information content (AvgIpc) is 2.49. The minimum absolute atomic E-state index is 0.121. The van der Waals surface area contributed by atoms with Gasteiger partial charge in [-0.15, -0.1) is 0 Å². The summed E-state index contributed by atoms with van der Waals surface area (Å²) in [6.45, 7) is 7.39. The Morgan fingerprint density at radius 2 is 1.62 bits per heavy atom. The lowest BCUT2D eigenvalue weighted by atomic mass is 10.1. The summed E-state index contributed by atoms with van der Waals surface area (Å²) in [7, 11) is -3.68. The van der Waals surface area contributed by atoms with Crippen molar-refractivity contribution in [3.05, 3.63) is 53.6 Å². The highest BCUT2D eigenvalue weighted by molar-refractivity contribution is 7.92. The van der Waals surface area contributed by atoms with Gasteiger partial charge >= 0.3 is 0 Å². The van der Waals surface area contributed by atoms with Crippen LogP contribution in [0.3, 0.4) is 0 Å². The lowest BCUT2D eigenvalue weighted by Crippen LogP contribution is -2.18. The Morgan fingerprint density at radius 3 is 2.25 bits per heavy atom. The van der Waals surface area contributed by atoms with Crippen LogP contribution in [0.5, 0.6) is 0 Å². The Morgan fingerprint density at radius 1 is 0.958 bits per heavy atom. The zero-order valence-electron chi connectivity index (χ0n) is 14.3. The van der Waals surface area contributed by atoms with Gasteiger partial charge in [0.05, 0.1) is 10.6 Å². The summed E-state index contributed by atoms with van der Waals surface area (Å²) < 4.78 is 27.6. The predicted molar refractivity (Wildman–Crippen MR) is 96.6 cm³/mol. The predicted octanol–water partition coefficient (Wildman–Crippen LogP) is 3.70. The van der Waals surface area contributed by atoms with Crippen molar-refractivity contribution in [2.24, 2.45) is 5.92 Å². The fourth-order valence-corrected chi connectivity index (χ4v) is 3.18. The number of rotatable bonds is 5. The first-order valence-corrected chi connectivity index (χ1v) is 9.18. The molecular formula is C18H22N2O3S. The molecule has 0 aliphatic rings. The summed E-state index contributed by atoms with van der Waals surface area (Å²) in [4.78, 5) is 12.0. The number of hydrogen-bond donors (Lipinski definition) is 2. The molecule has 24 heavy (non-hydrogen) atoms. The van der Waals surface area contributed by atoms with Gasteiger partial charge in [0.2, 0.25) is 5.91 Å². The molecule has 1 amide bonds. The second kappa shape index (κ2) is 7.05. The molecule has 0 aliphatic carbocycles. The van der Waals surface area contributed by atoms with Crippen LogP contribution in [-0.4, -0.2) is 14.3 Å². The summed E-state index contributed by atoms with van der Waals surface area (Å²) in [5, 5.41) is 2.75. The van der Waals surface area contributed by atoms with Gasteiger partial charge in [-0.25, -0.2) is 8.42 Å². The van der Waals surface area contributed by atoms with Crippen molar-refractivity contribution in [3.8, 4) is 0 Å². The Bertz CT molecular complexity index is 858. The van der Waals surface area contributed by atoms with E-state index in [1.807, 2.05) is 13.8 Å². The van der Waals surface area contributed by atoms with Crippen molar-refractivity contribution in [1.29, 1.82) is 0 Å². The van der Waals surface area contributed by atoms with Crippen molar-refractivity contribution >= 4 is 27.3 Å². The van der Waals surface area contributed by atoms with Gasteiger partial charge in [-0.1, -0.05) is 26.0 Å². The number of sulfonamides is 1. The maximum absolute atomic E-state index is 12.5. The third-order valence-electron chi connectivity index (χ3n) is 3.70. The summed E-state index contributed by atoms with van der Waals surface area (Å²) in [5.74, 6) is -0.273. The molecule has 0 unspecified atom stereocenters. The van der Waals surface area contributed by atoms with Gasteiger partial charge in [0.25, 0.3) is 10.0 Å². The molecule has 5 nitrogen and oxygen atoms in total. The van der Waals surface area contributed by atoms with E-state index in [1.165, 1.54) is 0 Å². The number of hydrogen-bond acceptors (Lipinski definition) is 3. The van der Waals surface area contributed by atoms with Gasteiger partial charge < -0.3 is 5.32 Å². The molecule has 6 heteroatoms. The molecule has 0 aliphatic heterocycles. The van der Waals surface area contributed by atoms with Crippen LogP contribution in [0.1, 0.15) is 25.0 Å². The smallest absolute Gasteiger partial charge is 0.261 e. The Hall–Kier alpha value is -2.34. The van der Waals surface area contributed by atoms with Crippen LogP contribution in [0.25, 0.3) is 0 Å². The number of carbonyl (C=O) groups is 1. The third kappa shape index (κ3) is 4.35. The second-order valence-electron chi connectivity index (χ2n) is 6.08. The molecule has 128 valence electrons. The van der Waals surface area contributed by atoms with Crippen molar-refractivity contribution in [3.63, 3.8) is 0 Å². The Kier molecular flexibility index (Phi) is 5.29. The topological polar surface area (TPSA) is 75.3 Å². The lowest BCUT2D eigenvalue weighted by molar-refractivity contribution is -0.118. The molecular weight excluding hydrogens is 324 g/mol. The Balaban J connectivity index is 2.23. The fourth-order valence-electron chi connectivity index (χ4n) is 2.04. The minimum Gasteiger partial charge on any atom is -0.326 e. The highest BCUT2D eigenvalue weighted by atomic mass is 32.2. The zero-order chi connectivity index (χ0) is 17.9.